The molecule has 1 aromatic heterocycles. The third kappa shape index (κ3) is 8.33. The van der Waals surface area contributed by atoms with Crippen molar-refractivity contribution in [2.45, 2.75) is 37.8 Å². The van der Waals surface area contributed by atoms with E-state index < -0.39 is 28.9 Å². The van der Waals surface area contributed by atoms with E-state index in [0.717, 1.165) is 37.1 Å². The lowest BCUT2D eigenvalue weighted by atomic mass is 10.1. The van der Waals surface area contributed by atoms with Gasteiger partial charge in [0, 0.05) is 31.2 Å². The highest BCUT2D eigenvalue weighted by Gasteiger charge is 2.53. The maximum Gasteiger partial charge on any atom is 0.425 e. The van der Waals surface area contributed by atoms with Gasteiger partial charge < -0.3 is 25.3 Å². The average molecular weight is 500 g/mol. The first-order valence-corrected chi connectivity index (χ1v) is 11.4. The average Bonchev–Trinajstić information content (AvgIpc) is 3.23. The fourth-order valence-corrected chi connectivity index (χ4v) is 3.71. The van der Waals surface area contributed by atoms with Crippen LogP contribution >= 0.6 is 11.3 Å². The lowest BCUT2D eigenvalue weighted by Crippen LogP contribution is -2.69. The summed E-state index contributed by atoms with van der Waals surface area (Å²) in [7, 11) is 2.95. The Kier molecular flexibility index (Phi) is 10.8. The van der Waals surface area contributed by atoms with Crippen LogP contribution in [0, 0.1) is 10.1 Å². The topological polar surface area (TPSA) is 192 Å². The number of hydrogen-bond acceptors (Lipinski definition) is 12. The molecule has 0 spiro atoms. The zero-order chi connectivity index (χ0) is 25.0. The van der Waals surface area contributed by atoms with Crippen LogP contribution in [0.15, 0.2) is 22.5 Å². The quantitative estimate of drug-likeness (QED) is 0.0539. The molecule has 1 aliphatic heterocycles. The largest absolute Gasteiger partial charge is 0.425 e. The number of rotatable bonds is 13. The molecule has 2 heterocycles. The number of hydrogen-bond donors (Lipinski definition) is 4. The number of aliphatic imine (C=N–C) groups is 1. The van der Waals surface area contributed by atoms with Gasteiger partial charge in [0.05, 0.1) is 23.8 Å². The highest BCUT2D eigenvalue weighted by Crippen LogP contribution is 2.19. The minimum absolute atomic E-state index is 0.262. The first kappa shape index (κ1) is 27.1. The molecule has 0 aromatic carbocycles. The maximum atomic E-state index is 11.9. The fourth-order valence-electron chi connectivity index (χ4n) is 2.96. The normalized spacial score (nSPS) is 21.8. The van der Waals surface area contributed by atoms with E-state index >= 15 is 0 Å². The van der Waals surface area contributed by atoms with Gasteiger partial charge in [-0.1, -0.05) is 6.42 Å². The summed E-state index contributed by atoms with van der Waals surface area (Å²) in [6.07, 6.45) is 2.58. The van der Waals surface area contributed by atoms with Crippen molar-refractivity contribution in [2.75, 3.05) is 39.2 Å². The summed E-state index contributed by atoms with van der Waals surface area (Å²) in [5.74, 6) is -3.66. The summed E-state index contributed by atoms with van der Waals surface area (Å²) in [6.45, 7) is 1.20. The number of ether oxygens (including phenoxy) is 3. The van der Waals surface area contributed by atoms with E-state index in [4.69, 9.17) is 19.9 Å². The number of nitro groups is 1. The number of nitrogens with two attached hydrogens (primary N) is 1. The van der Waals surface area contributed by atoms with Gasteiger partial charge in [-0.3, -0.25) is 25.7 Å². The van der Waals surface area contributed by atoms with Crippen molar-refractivity contribution < 1.29 is 28.7 Å². The van der Waals surface area contributed by atoms with Gasteiger partial charge in [-0.2, -0.15) is 0 Å². The summed E-state index contributed by atoms with van der Waals surface area (Å²) < 4.78 is 14.9. The summed E-state index contributed by atoms with van der Waals surface area (Å²) in [4.78, 5) is 42.8. The molecule has 1 aromatic rings. The Bertz CT molecular complexity index is 907. The van der Waals surface area contributed by atoms with E-state index in [9.17, 15) is 19.7 Å². The van der Waals surface area contributed by atoms with Gasteiger partial charge in [-0.25, -0.2) is 14.6 Å². The van der Waals surface area contributed by atoms with Crippen molar-refractivity contribution in [3.05, 3.63) is 33.3 Å². The van der Waals surface area contributed by atoms with Crippen LogP contribution in [-0.4, -0.2) is 73.7 Å². The van der Waals surface area contributed by atoms with Crippen LogP contribution in [0.5, 0.6) is 0 Å². The third-order valence-electron chi connectivity index (χ3n) is 4.62. The van der Waals surface area contributed by atoms with Crippen molar-refractivity contribution in [1.29, 1.82) is 0 Å². The Hall–Kier alpha value is -3.14. The van der Waals surface area contributed by atoms with Gasteiger partial charge in [0.15, 0.2) is 11.1 Å². The van der Waals surface area contributed by atoms with Gasteiger partial charge in [0.1, 0.15) is 0 Å². The molecule has 2 unspecified atom stereocenters. The Morgan fingerprint density at radius 2 is 2.12 bits per heavy atom. The van der Waals surface area contributed by atoms with Gasteiger partial charge in [-0.15, -0.1) is 11.3 Å². The molecule has 14 nitrogen and oxygen atoms in total. The number of guanidine groups is 1. The summed E-state index contributed by atoms with van der Waals surface area (Å²) in [6, 6.07) is 0. The van der Waals surface area contributed by atoms with Crippen LogP contribution in [0.3, 0.4) is 0 Å². The number of unbranched alkanes of at least 4 members (excludes halogenated alkanes) is 2. The highest BCUT2D eigenvalue weighted by atomic mass is 32.1. The minimum atomic E-state index is -2.00. The molecule has 2 rings (SSSR count). The van der Waals surface area contributed by atoms with Crippen molar-refractivity contribution in [3.63, 3.8) is 0 Å². The molecule has 0 saturated carbocycles. The molecule has 188 valence electrons. The maximum absolute atomic E-state index is 11.9. The minimum Gasteiger partial charge on any atom is -0.415 e. The van der Waals surface area contributed by atoms with E-state index in [1.54, 1.807) is 7.11 Å². The lowest BCUT2D eigenvalue weighted by molar-refractivity contribution is -0.595. The summed E-state index contributed by atoms with van der Waals surface area (Å²) in [5, 5.41) is 22.4. The van der Waals surface area contributed by atoms with Gasteiger partial charge in [0.2, 0.25) is 0 Å². The number of likely N-dealkylation sites (N-methyl/N-ethyl adjacent to an activating group) is 1. The zero-order valence-corrected chi connectivity index (χ0v) is 19.8. The standard InChI is InChI=1S/C19H29N7O7S/c1-21-19(16(26(29)30)32-14(27)7-8-15(28)33-19)23-9-5-3-4-6-13-12-34-18(24-13)25-17(20)22-10-11-31-2/h7-8,12,16,21,23H,3-6,9-11H2,1-2H3,(H3,20,22,24,25)/b8-7-. The molecular weight excluding hydrogens is 470 g/mol. The monoisotopic (exact) mass is 499 g/mol. The van der Waals surface area contributed by atoms with Crippen LogP contribution in [0.1, 0.15) is 25.0 Å². The first-order valence-electron chi connectivity index (χ1n) is 10.5. The van der Waals surface area contributed by atoms with Crippen LogP contribution in [0.2, 0.25) is 0 Å². The molecule has 0 bridgehead atoms. The molecule has 0 aliphatic carbocycles. The van der Waals surface area contributed by atoms with Crippen molar-refractivity contribution in [2.24, 2.45) is 10.7 Å². The third-order valence-corrected chi connectivity index (χ3v) is 5.42. The Morgan fingerprint density at radius 3 is 2.82 bits per heavy atom. The number of thiazole rings is 1. The SMILES string of the molecule is CNC1(NCCCCCc2csc(NC(N)=NCCOC)n2)OC(=O)/C=C\C(=O)OC1[N+](=O)[O-]. The predicted molar refractivity (Wildman–Crippen MR) is 124 cm³/mol. The van der Waals surface area contributed by atoms with E-state index in [2.05, 4.69) is 25.9 Å². The molecular formula is C19H29N7O7S. The van der Waals surface area contributed by atoms with Crippen LogP contribution in [0.4, 0.5) is 5.13 Å². The number of nitrogens with zero attached hydrogens (tertiary/aromatic N) is 3. The highest BCUT2D eigenvalue weighted by molar-refractivity contribution is 7.13. The van der Waals surface area contributed by atoms with Gasteiger partial charge in [-0.05, 0) is 26.3 Å². The molecule has 5 N–H and O–H groups in total. The van der Waals surface area contributed by atoms with Crippen LogP contribution in [-0.2, 0) is 30.2 Å². The van der Waals surface area contributed by atoms with Gasteiger partial charge >= 0.3 is 24.0 Å². The number of aromatic nitrogens is 1. The molecule has 34 heavy (non-hydrogen) atoms. The molecule has 0 amide bonds. The number of carbonyl (C=O) groups excluding carboxylic acids is 2. The van der Waals surface area contributed by atoms with Crippen LogP contribution < -0.4 is 21.7 Å². The second kappa shape index (κ2) is 13.5. The Balaban J connectivity index is 1.81. The van der Waals surface area contributed by atoms with Gasteiger partial charge in [0.25, 0.3) is 0 Å². The van der Waals surface area contributed by atoms with E-state index in [1.807, 2.05) is 5.38 Å². The fraction of sp³-hybridized carbons (Fsp3) is 0.579. The van der Waals surface area contributed by atoms with Crippen molar-refractivity contribution >= 4 is 34.4 Å². The molecule has 15 heteroatoms. The number of methoxy groups -OCH3 is 1. The molecule has 1 aliphatic rings. The summed E-state index contributed by atoms with van der Waals surface area (Å²) in [5.41, 5.74) is 6.69. The molecule has 0 saturated heterocycles. The lowest BCUT2D eigenvalue weighted by Gasteiger charge is -2.34. The number of esters is 2. The first-order chi connectivity index (χ1) is 16.3. The van der Waals surface area contributed by atoms with Crippen LogP contribution in [0.25, 0.3) is 0 Å². The smallest absolute Gasteiger partial charge is 0.415 e. The number of aryl methyl sites for hydroxylation is 1. The molecule has 2 atom stereocenters. The van der Waals surface area contributed by atoms with E-state index in [0.29, 0.717) is 24.7 Å². The number of carbonyl (C=O) groups is 2. The zero-order valence-electron chi connectivity index (χ0n) is 18.9. The van der Waals surface area contributed by atoms with E-state index in [1.165, 1.54) is 18.4 Å². The summed E-state index contributed by atoms with van der Waals surface area (Å²) >= 11 is 1.42. The number of nitrogens with one attached hydrogen (secondary N) is 3. The second-order valence-corrected chi connectivity index (χ2v) is 7.94. The second-order valence-electron chi connectivity index (χ2n) is 7.08. The van der Waals surface area contributed by atoms with Crippen molar-refractivity contribution in [1.82, 2.24) is 15.6 Å². The number of anilines is 1. The van der Waals surface area contributed by atoms with E-state index in [-0.39, 0.29) is 12.5 Å². The number of cyclic esters (lactones) is 2. The Labute approximate surface area is 200 Å². The molecule has 0 radical (unpaired) electrons. The van der Waals surface area contributed by atoms with Crippen molar-refractivity contribution in [3.8, 4) is 0 Å². The molecule has 0 fully saturated rings. The Morgan fingerprint density at radius 1 is 1.35 bits per heavy atom. The predicted octanol–water partition coefficient (Wildman–Crippen LogP) is -0.0493.